The molecule has 4 N–H and O–H groups in total. The number of sulfonamides is 2. The Labute approximate surface area is 199 Å². The Morgan fingerprint density at radius 2 is 1.59 bits per heavy atom. The van der Waals surface area contributed by atoms with Crippen LogP contribution < -0.4 is 19.9 Å². The number of carbonyl (C=O) groups excluding carboxylic acids is 1. The van der Waals surface area contributed by atoms with Gasteiger partial charge in [-0.1, -0.05) is 11.3 Å². The number of thiazole rings is 1. The van der Waals surface area contributed by atoms with Gasteiger partial charge in [0.05, 0.1) is 27.1 Å². The van der Waals surface area contributed by atoms with Crippen LogP contribution in [-0.4, -0.2) is 34.8 Å². The molecule has 0 fully saturated rings. The van der Waals surface area contributed by atoms with Crippen LogP contribution in [0.15, 0.2) is 76.5 Å². The van der Waals surface area contributed by atoms with E-state index in [1.807, 2.05) is 0 Å². The van der Waals surface area contributed by atoms with Gasteiger partial charge in [0.1, 0.15) is 5.75 Å². The molecule has 0 aliphatic rings. The SMILES string of the molecule is COc1ccc(S(=O)(=O)Nc2ccc(C(=O)Nc3nc4ccc(S(N)(=O)=O)cc4s3)cc2)cc1. The number of carbonyl (C=O) groups is 1. The molecule has 0 radical (unpaired) electrons. The number of benzene rings is 3. The molecule has 1 amide bonds. The smallest absolute Gasteiger partial charge is 0.261 e. The van der Waals surface area contributed by atoms with Crippen LogP contribution >= 0.6 is 11.3 Å². The van der Waals surface area contributed by atoms with Crippen molar-refractivity contribution in [1.29, 1.82) is 0 Å². The van der Waals surface area contributed by atoms with E-state index in [0.717, 1.165) is 11.3 Å². The van der Waals surface area contributed by atoms with E-state index in [9.17, 15) is 21.6 Å². The number of methoxy groups -OCH3 is 1. The van der Waals surface area contributed by atoms with E-state index in [-0.39, 0.29) is 26.2 Å². The second kappa shape index (κ2) is 9.02. The number of ether oxygens (including phenoxy) is 1. The van der Waals surface area contributed by atoms with E-state index >= 15 is 0 Å². The zero-order valence-electron chi connectivity index (χ0n) is 17.5. The summed E-state index contributed by atoms with van der Waals surface area (Å²) in [5, 5.41) is 8.07. The third-order valence-electron chi connectivity index (χ3n) is 4.68. The molecule has 0 spiro atoms. The molecule has 10 nitrogen and oxygen atoms in total. The predicted molar refractivity (Wildman–Crippen MR) is 129 cm³/mol. The molecule has 0 atom stereocenters. The molecule has 0 bridgehead atoms. The molecule has 176 valence electrons. The molecule has 1 aromatic heterocycles. The lowest BCUT2D eigenvalue weighted by molar-refractivity contribution is 0.102. The fourth-order valence-electron chi connectivity index (χ4n) is 2.96. The maximum Gasteiger partial charge on any atom is 0.261 e. The number of hydrogen-bond donors (Lipinski definition) is 3. The van der Waals surface area contributed by atoms with Crippen LogP contribution in [0.3, 0.4) is 0 Å². The zero-order chi connectivity index (χ0) is 24.5. The summed E-state index contributed by atoms with van der Waals surface area (Å²) >= 11 is 1.10. The van der Waals surface area contributed by atoms with E-state index in [0.29, 0.717) is 16.0 Å². The summed E-state index contributed by atoms with van der Waals surface area (Å²) in [5.41, 5.74) is 1.07. The molecule has 0 aliphatic heterocycles. The molecule has 4 aromatic rings. The highest BCUT2D eigenvalue weighted by Gasteiger charge is 2.16. The number of nitrogens with two attached hydrogens (primary N) is 1. The second-order valence-electron chi connectivity index (χ2n) is 7.01. The number of anilines is 2. The number of hydrogen-bond acceptors (Lipinski definition) is 8. The van der Waals surface area contributed by atoms with Crippen LogP contribution in [-0.2, 0) is 20.0 Å². The first-order chi connectivity index (χ1) is 16.0. The Morgan fingerprint density at radius 3 is 2.21 bits per heavy atom. The normalized spacial score (nSPS) is 11.8. The summed E-state index contributed by atoms with van der Waals surface area (Å²) < 4.78 is 56.1. The van der Waals surface area contributed by atoms with Crippen molar-refractivity contribution in [2.75, 3.05) is 17.1 Å². The van der Waals surface area contributed by atoms with Gasteiger partial charge in [0.2, 0.25) is 10.0 Å². The van der Waals surface area contributed by atoms with Crippen molar-refractivity contribution in [3.63, 3.8) is 0 Å². The molecule has 0 unspecified atom stereocenters. The van der Waals surface area contributed by atoms with Crippen LogP contribution in [0.2, 0.25) is 0 Å². The molecule has 4 rings (SSSR count). The summed E-state index contributed by atoms with van der Waals surface area (Å²) in [5.74, 6) is 0.0718. The van der Waals surface area contributed by atoms with Crippen molar-refractivity contribution >= 4 is 58.3 Å². The van der Waals surface area contributed by atoms with Gasteiger partial charge in [-0.3, -0.25) is 14.8 Å². The average Bonchev–Trinajstić information content (AvgIpc) is 3.20. The topological polar surface area (TPSA) is 158 Å². The zero-order valence-corrected chi connectivity index (χ0v) is 20.0. The van der Waals surface area contributed by atoms with Crippen LogP contribution in [0.1, 0.15) is 10.4 Å². The van der Waals surface area contributed by atoms with Gasteiger partial charge in [-0.25, -0.2) is 27.0 Å². The van der Waals surface area contributed by atoms with Crippen molar-refractivity contribution in [2.24, 2.45) is 5.14 Å². The minimum Gasteiger partial charge on any atom is -0.497 e. The second-order valence-corrected chi connectivity index (χ2v) is 11.3. The monoisotopic (exact) mass is 518 g/mol. The number of amides is 1. The van der Waals surface area contributed by atoms with Gasteiger partial charge in [-0.15, -0.1) is 0 Å². The molecule has 0 saturated heterocycles. The molecule has 34 heavy (non-hydrogen) atoms. The minimum absolute atomic E-state index is 0.0470. The lowest BCUT2D eigenvalue weighted by atomic mass is 10.2. The highest BCUT2D eigenvalue weighted by molar-refractivity contribution is 7.92. The van der Waals surface area contributed by atoms with Crippen LogP contribution in [0, 0.1) is 0 Å². The highest BCUT2D eigenvalue weighted by atomic mass is 32.2. The van der Waals surface area contributed by atoms with Gasteiger partial charge >= 0.3 is 0 Å². The van der Waals surface area contributed by atoms with Crippen LogP contribution in [0.4, 0.5) is 10.8 Å². The maximum atomic E-state index is 12.6. The molecule has 1 heterocycles. The Balaban J connectivity index is 1.46. The molecule has 3 aromatic carbocycles. The summed E-state index contributed by atoms with van der Waals surface area (Å²) in [6.07, 6.45) is 0. The summed E-state index contributed by atoms with van der Waals surface area (Å²) in [6, 6.07) is 16.0. The standard InChI is InChI=1S/C21H18N4O6S3/c1-31-15-6-8-16(9-7-15)34(29,30)25-14-4-2-13(3-5-14)20(26)24-21-23-18-11-10-17(33(22,27)28)12-19(18)32-21/h2-12,25H,1H3,(H2,22,27,28)(H,23,24,26). The summed E-state index contributed by atoms with van der Waals surface area (Å²) in [7, 11) is -6.18. The third-order valence-corrected chi connectivity index (χ3v) is 7.92. The summed E-state index contributed by atoms with van der Waals surface area (Å²) in [4.78, 5) is 16.9. The van der Waals surface area contributed by atoms with Crippen molar-refractivity contribution in [3.05, 3.63) is 72.3 Å². The first-order valence-electron chi connectivity index (χ1n) is 9.57. The first-order valence-corrected chi connectivity index (χ1v) is 13.4. The lowest BCUT2D eigenvalue weighted by Crippen LogP contribution is -2.14. The third kappa shape index (κ3) is 5.17. The predicted octanol–water partition coefficient (Wildman–Crippen LogP) is 3.01. The maximum absolute atomic E-state index is 12.6. The van der Waals surface area contributed by atoms with E-state index < -0.39 is 26.0 Å². The fraction of sp³-hybridized carbons (Fsp3) is 0.0476. The number of rotatable bonds is 7. The Hall–Kier alpha value is -3.52. The average molecular weight is 519 g/mol. The molecule has 0 saturated carbocycles. The van der Waals surface area contributed by atoms with Gasteiger partial charge in [0.15, 0.2) is 5.13 Å². The van der Waals surface area contributed by atoms with Crippen molar-refractivity contribution < 1.29 is 26.4 Å². The van der Waals surface area contributed by atoms with Crippen LogP contribution in [0.5, 0.6) is 5.75 Å². The highest BCUT2D eigenvalue weighted by Crippen LogP contribution is 2.28. The van der Waals surface area contributed by atoms with Gasteiger partial charge in [-0.2, -0.15) is 0 Å². The van der Waals surface area contributed by atoms with Gasteiger partial charge in [-0.05, 0) is 66.7 Å². The van der Waals surface area contributed by atoms with E-state index in [1.54, 1.807) is 12.1 Å². The van der Waals surface area contributed by atoms with E-state index in [1.165, 1.54) is 61.7 Å². The number of aromatic nitrogens is 1. The van der Waals surface area contributed by atoms with Crippen molar-refractivity contribution in [3.8, 4) is 5.75 Å². The number of fused-ring (bicyclic) bond motifs is 1. The first kappa shape index (κ1) is 23.6. The van der Waals surface area contributed by atoms with Crippen molar-refractivity contribution in [1.82, 2.24) is 4.98 Å². The Bertz CT molecular complexity index is 1580. The van der Waals surface area contributed by atoms with Crippen LogP contribution in [0.25, 0.3) is 10.2 Å². The Morgan fingerprint density at radius 1 is 0.941 bits per heavy atom. The van der Waals surface area contributed by atoms with Gasteiger partial charge < -0.3 is 4.74 Å². The van der Waals surface area contributed by atoms with E-state index in [2.05, 4.69) is 15.0 Å². The van der Waals surface area contributed by atoms with Crippen molar-refractivity contribution in [2.45, 2.75) is 9.79 Å². The Kier molecular flexibility index (Phi) is 6.27. The minimum atomic E-state index is -3.85. The fourth-order valence-corrected chi connectivity index (χ4v) is 5.54. The quantitative estimate of drug-likeness (QED) is 0.339. The molecular weight excluding hydrogens is 500 g/mol. The van der Waals surface area contributed by atoms with E-state index in [4.69, 9.17) is 9.88 Å². The molecule has 13 heteroatoms. The van der Waals surface area contributed by atoms with Gasteiger partial charge in [0.25, 0.3) is 15.9 Å². The summed E-state index contributed by atoms with van der Waals surface area (Å²) in [6.45, 7) is 0. The van der Waals surface area contributed by atoms with Gasteiger partial charge in [0, 0.05) is 11.3 Å². The molecule has 0 aliphatic carbocycles. The number of nitrogens with one attached hydrogen (secondary N) is 2. The molecular formula is C21H18N4O6S3. The lowest BCUT2D eigenvalue weighted by Gasteiger charge is -2.09. The largest absolute Gasteiger partial charge is 0.497 e. The number of nitrogens with zero attached hydrogens (tertiary/aromatic N) is 1. The number of primary sulfonamides is 1.